The molecule has 31 heavy (non-hydrogen) atoms. The highest BCUT2D eigenvalue weighted by Crippen LogP contribution is 2.32. The predicted molar refractivity (Wildman–Crippen MR) is 106 cm³/mol. The van der Waals surface area contributed by atoms with Gasteiger partial charge in [0.25, 0.3) is 0 Å². The first-order valence-electron chi connectivity index (χ1n) is 8.67. The lowest BCUT2D eigenvalue weighted by atomic mass is 10.1. The normalized spacial score (nSPS) is 11.7. The van der Waals surface area contributed by atoms with Crippen molar-refractivity contribution in [3.8, 4) is 0 Å². The molecule has 0 aliphatic heterocycles. The summed E-state index contributed by atoms with van der Waals surface area (Å²) in [6.07, 6.45) is -2.06. The van der Waals surface area contributed by atoms with Crippen LogP contribution in [0, 0.1) is 11.6 Å². The molecule has 0 saturated carbocycles. The number of amides is 1. The zero-order valence-corrected chi connectivity index (χ0v) is 16.6. The summed E-state index contributed by atoms with van der Waals surface area (Å²) in [7, 11) is 0. The number of hydrogen-bond acceptors (Lipinski definition) is 4. The largest absolute Gasteiger partial charge is 0.416 e. The molecule has 0 unspecified atom stereocenters. The number of rotatable bonds is 5. The van der Waals surface area contributed by atoms with E-state index in [1.165, 1.54) is 18.4 Å². The maximum absolute atomic E-state index is 14.1. The summed E-state index contributed by atoms with van der Waals surface area (Å²) < 4.78 is 65.1. The van der Waals surface area contributed by atoms with Crippen LogP contribution in [0.2, 0.25) is 0 Å². The molecule has 160 valence electrons. The van der Waals surface area contributed by atoms with Crippen molar-refractivity contribution in [3.63, 3.8) is 0 Å². The fraction of sp³-hybridized carbons (Fsp3) is 0.0952. The third-order valence-electron chi connectivity index (χ3n) is 4.07. The van der Waals surface area contributed by atoms with Gasteiger partial charge in [-0.05, 0) is 36.4 Å². The Morgan fingerprint density at radius 3 is 2.32 bits per heavy atom. The van der Waals surface area contributed by atoms with Crippen molar-refractivity contribution in [3.05, 3.63) is 82.4 Å². The molecule has 0 spiro atoms. The van der Waals surface area contributed by atoms with E-state index in [9.17, 15) is 31.5 Å². The molecule has 10 heteroatoms. The van der Waals surface area contributed by atoms with Crippen LogP contribution in [0.3, 0.4) is 0 Å². The van der Waals surface area contributed by atoms with E-state index in [4.69, 9.17) is 0 Å². The van der Waals surface area contributed by atoms with E-state index in [1.807, 2.05) is 0 Å². The van der Waals surface area contributed by atoms with Crippen molar-refractivity contribution in [1.29, 1.82) is 0 Å². The maximum Gasteiger partial charge on any atom is 0.416 e. The first-order valence-corrected chi connectivity index (χ1v) is 9.55. The number of hydrogen-bond donors (Lipinski definition) is 0. The van der Waals surface area contributed by atoms with Crippen LogP contribution in [-0.2, 0) is 11.0 Å². The molecule has 3 aromatic rings. The molecule has 0 atom stereocenters. The van der Waals surface area contributed by atoms with E-state index in [2.05, 4.69) is 4.98 Å². The second-order valence-corrected chi connectivity index (χ2v) is 7.11. The molecule has 1 aromatic heterocycles. The predicted octanol–water partition coefficient (Wildman–Crippen LogP) is 6.02. The topological polar surface area (TPSA) is 50.3 Å². The second kappa shape index (κ2) is 8.76. The molecule has 2 aromatic carbocycles. The van der Waals surface area contributed by atoms with Gasteiger partial charge in [0.2, 0.25) is 5.91 Å². The molecule has 0 fully saturated rings. The average molecular weight is 452 g/mol. The number of carbonyl (C=O) groups excluding carboxylic acids is 2. The van der Waals surface area contributed by atoms with Gasteiger partial charge in [-0.25, -0.2) is 13.8 Å². The lowest BCUT2D eigenvalue weighted by molar-refractivity contribution is -0.137. The minimum absolute atomic E-state index is 0.0541. The van der Waals surface area contributed by atoms with Crippen LogP contribution in [0.5, 0.6) is 0 Å². The quantitative estimate of drug-likeness (QED) is 0.270. The van der Waals surface area contributed by atoms with Gasteiger partial charge in [0, 0.05) is 23.9 Å². The summed E-state index contributed by atoms with van der Waals surface area (Å²) in [4.78, 5) is 29.3. The molecule has 0 aliphatic rings. The Morgan fingerprint density at radius 2 is 1.74 bits per heavy atom. The lowest BCUT2D eigenvalue weighted by Crippen LogP contribution is -2.23. The zero-order valence-electron chi connectivity index (χ0n) is 15.8. The van der Waals surface area contributed by atoms with Crippen molar-refractivity contribution in [2.24, 2.45) is 0 Å². The fourth-order valence-corrected chi connectivity index (χ4v) is 3.45. The van der Waals surface area contributed by atoms with Gasteiger partial charge in [0.05, 0.1) is 16.9 Å². The standard InChI is InChI=1S/C21H13F5N2O2S/c1-12(29)28(18-8-6-15(22)10-17(18)23)20-27-16(11-31-20)7-9-19(30)13-2-4-14(5-3-13)21(24,25)26/h2-11H,1H3/b9-7+. The molecule has 0 bridgehead atoms. The number of alkyl halides is 3. The van der Waals surface area contributed by atoms with Crippen LogP contribution in [0.15, 0.2) is 53.9 Å². The second-order valence-electron chi connectivity index (χ2n) is 6.28. The Morgan fingerprint density at radius 1 is 1.06 bits per heavy atom. The molecular formula is C21H13F5N2O2S. The number of anilines is 2. The highest BCUT2D eigenvalue weighted by molar-refractivity contribution is 7.14. The number of nitrogens with zero attached hydrogens (tertiary/aromatic N) is 2. The van der Waals surface area contributed by atoms with Gasteiger partial charge >= 0.3 is 6.18 Å². The number of halogens is 5. The first-order chi connectivity index (χ1) is 14.6. The average Bonchev–Trinajstić information content (AvgIpc) is 3.15. The molecule has 1 heterocycles. The molecule has 4 nitrogen and oxygen atoms in total. The molecule has 0 N–H and O–H groups in total. The van der Waals surface area contributed by atoms with Crippen LogP contribution in [-0.4, -0.2) is 16.7 Å². The summed E-state index contributed by atoms with van der Waals surface area (Å²) in [5.41, 5.74) is -0.721. The minimum Gasteiger partial charge on any atom is -0.289 e. The van der Waals surface area contributed by atoms with E-state index in [0.29, 0.717) is 6.07 Å². The van der Waals surface area contributed by atoms with Gasteiger partial charge in [0.15, 0.2) is 10.9 Å². The Balaban J connectivity index is 1.80. The third kappa shape index (κ3) is 5.21. The summed E-state index contributed by atoms with van der Waals surface area (Å²) in [6, 6.07) is 6.51. The van der Waals surface area contributed by atoms with Crippen molar-refractivity contribution in [1.82, 2.24) is 4.98 Å². The molecule has 0 radical (unpaired) electrons. The van der Waals surface area contributed by atoms with Crippen molar-refractivity contribution >= 4 is 39.9 Å². The lowest BCUT2D eigenvalue weighted by Gasteiger charge is -2.18. The summed E-state index contributed by atoms with van der Waals surface area (Å²) in [5, 5.41) is 1.60. The highest BCUT2D eigenvalue weighted by atomic mass is 32.1. The Labute approximate surface area is 177 Å². The molecule has 3 rings (SSSR count). The fourth-order valence-electron chi connectivity index (χ4n) is 2.61. The van der Waals surface area contributed by atoms with E-state index in [0.717, 1.165) is 58.7 Å². The maximum atomic E-state index is 14.1. The summed E-state index contributed by atoms with van der Waals surface area (Å²) in [5.74, 6) is -2.85. The SMILES string of the molecule is CC(=O)N(c1nc(/C=C/C(=O)c2ccc(C(F)(F)F)cc2)cs1)c1ccc(F)cc1F. The summed E-state index contributed by atoms with van der Waals surface area (Å²) in [6.45, 7) is 1.19. The molecule has 1 amide bonds. The van der Waals surface area contributed by atoms with Crippen molar-refractivity contribution in [2.75, 3.05) is 4.90 Å². The zero-order chi connectivity index (χ0) is 22.8. The van der Waals surface area contributed by atoms with Crippen LogP contribution in [0.25, 0.3) is 6.08 Å². The smallest absolute Gasteiger partial charge is 0.289 e. The number of benzene rings is 2. The van der Waals surface area contributed by atoms with E-state index >= 15 is 0 Å². The van der Waals surface area contributed by atoms with Crippen LogP contribution >= 0.6 is 11.3 Å². The number of ketones is 1. The number of thiazole rings is 1. The monoisotopic (exact) mass is 452 g/mol. The van der Waals surface area contributed by atoms with Crippen molar-refractivity contribution < 1.29 is 31.5 Å². The third-order valence-corrected chi connectivity index (χ3v) is 4.91. The van der Waals surface area contributed by atoms with Gasteiger partial charge in [-0.1, -0.05) is 12.1 Å². The highest BCUT2D eigenvalue weighted by Gasteiger charge is 2.30. The van der Waals surface area contributed by atoms with Crippen LogP contribution in [0.1, 0.15) is 28.5 Å². The van der Waals surface area contributed by atoms with E-state index in [-0.39, 0.29) is 22.1 Å². The van der Waals surface area contributed by atoms with Gasteiger partial charge < -0.3 is 0 Å². The van der Waals surface area contributed by atoms with E-state index < -0.39 is 35.1 Å². The van der Waals surface area contributed by atoms with Gasteiger partial charge in [0.1, 0.15) is 11.6 Å². The number of aromatic nitrogens is 1. The molecule has 0 saturated heterocycles. The van der Waals surface area contributed by atoms with Crippen LogP contribution in [0.4, 0.5) is 32.8 Å². The van der Waals surface area contributed by atoms with Gasteiger partial charge in [-0.15, -0.1) is 11.3 Å². The molecular weight excluding hydrogens is 439 g/mol. The minimum atomic E-state index is -4.50. The Hall–Kier alpha value is -3.40. The number of carbonyl (C=O) groups is 2. The molecule has 0 aliphatic carbocycles. The first kappa shape index (κ1) is 22.3. The van der Waals surface area contributed by atoms with Crippen LogP contribution < -0.4 is 4.90 Å². The Bertz CT molecular complexity index is 1150. The van der Waals surface area contributed by atoms with Crippen molar-refractivity contribution in [2.45, 2.75) is 13.1 Å². The van der Waals surface area contributed by atoms with Gasteiger partial charge in [-0.2, -0.15) is 13.2 Å². The number of allylic oxidation sites excluding steroid dienone is 1. The van der Waals surface area contributed by atoms with E-state index in [1.54, 1.807) is 0 Å². The Kier molecular flexibility index (Phi) is 6.30. The van der Waals surface area contributed by atoms with Gasteiger partial charge in [-0.3, -0.25) is 14.5 Å². The summed E-state index contributed by atoms with van der Waals surface area (Å²) >= 11 is 0.992.